The quantitative estimate of drug-likeness (QED) is 0.413. The number of ether oxygens (including phenoxy) is 1. The van der Waals surface area contributed by atoms with Crippen LogP contribution in [0, 0.1) is 0 Å². The smallest absolute Gasteiger partial charge is 0.340 e. The number of halogens is 4. The fourth-order valence-electron chi connectivity index (χ4n) is 1.32. The molecule has 10 heteroatoms. The molecule has 1 aromatic carbocycles. The van der Waals surface area contributed by atoms with Crippen LogP contribution in [0.3, 0.4) is 0 Å². The second kappa shape index (κ2) is 7.49. The number of benzene rings is 1. The average molecular weight is 378 g/mol. The fourth-order valence-corrected chi connectivity index (χ4v) is 2.33. The van der Waals surface area contributed by atoms with E-state index >= 15 is 0 Å². The van der Waals surface area contributed by atoms with Gasteiger partial charge in [0.1, 0.15) is 12.7 Å². The van der Waals surface area contributed by atoms with Crippen molar-refractivity contribution in [2.75, 3.05) is 13.2 Å². The van der Waals surface area contributed by atoms with Gasteiger partial charge in [-0.25, -0.2) is 9.59 Å². The number of carboxylic acids is 1. The predicted octanol–water partition coefficient (Wildman–Crippen LogP) is 2.51. The third kappa shape index (κ3) is 3.91. The monoisotopic (exact) mass is 376 g/mol. The summed E-state index contributed by atoms with van der Waals surface area (Å²) in [6, 6.07) is 0. The van der Waals surface area contributed by atoms with Gasteiger partial charge in [0, 0.05) is 0 Å². The highest BCUT2D eigenvalue weighted by atomic mass is 35.5. The first-order valence-corrected chi connectivity index (χ1v) is 6.78. The molecule has 0 aliphatic heterocycles. The number of aliphatic hydroxyl groups is 2. The summed E-state index contributed by atoms with van der Waals surface area (Å²) in [6.45, 7) is -1.21. The van der Waals surface area contributed by atoms with Crippen molar-refractivity contribution in [2.45, 2.75) is 6.10 Å². The van der Waals surface area contributed by atoms with Gasteiger partial charge < -0.3 is 20.1 Å². The highest BCUT2D eigenvalue weighted by molar-refractivity contribution is 6.54. The zero-order valence-corrected chi connectivity index (χ0v) is 13.1. The van der Waals surface area contributed by atoms with E-state index < -0.39 is 52.4 Å². The number of hydrogen-bond donors (Lipinski definition) is 3. The van der Waals surface area contributed by atoms with E-state index in [0.29, 0.717) is 0 Å². The van der Waals surface area contributed by atoms with Crippen molar-refractivity contribution in [3.05, 3.63) is 31.2 Å². The number of carbonyl (C=O) groups is 2. The van der Waals surface area contributed by atoms with E-state index in [-0.39, 0.29) is 10.0 Å². The number of carbonyl (C=O) groups excluding carboxylic acids is 1. The molecule has 1 rings (SSSR count). The molecule has 0 saturated heterocycles. The van der Waals surface area contributed by atoms with E-state index in [4.69, 9.17) is 61.7 Å². The van der Waals surface area contributed by atoms with Gasteiger partial charge in [-0.15, -0.1) is 0 Å². The van der Waals surface area contributed by atoms with Crippen LogP contribution in [0.5, 0.6) is 0 Å². The molecule has 0 saturated carbocycles. The molecule has 0 spiro atoms. The number of hydrogen-bond acceptors (Lipinski definition) is 5. The molecule has 0 bridgehead atoms. The molecule has 0 heterocycles. The second-order valence-corrected chi connectivity index (χ2v) is 5.26. The number of carboxylic acid groups (broad SMARTS) is 1. The van der Waals surface area contributed by atoms with Gasteiger partial charge in [0.05, 0.1) is 37.8 Å². The van der Waals surface area contributed by atoms with Crippen molar-refractivity contribution in [3.63, 3.8) is 0 Å². The summed E-state index contributed by atoms with van der Waals surface area (Å²) in [5.41, 5.74) is -1.26. The van der Waals surface area contributed by atoms with Crippen LogP contribution in [0.25, 0.3) is 0 Å². The van der Waals surface area contributed by atoms with Crippen LogP contribution in [-0.4, -0.2) is 46.6 Å². The minimum Gasteiger partial charge on any atom is -0.478 e. The third-order valence-electron chi connectivity index (χ3n) is 2.30. The van der Waals surface area contributed by atoms with Crippen LogP contribution in [-0.2, 0) is 4.74 Å². The number of aromatic carboxylic acids is 1. The summed E-state index contributed by atoms with van der Waals surface area (Å²) < 4.78 is 4.65. The molecule has 0 aliphatic carbocycles. The number of esters is 1. The maximum absolute atomic E-state index is 11.9. The lowest BCUT2D eigenvalue weighted by Gasteiger charge is -2.14. The van der Waals surface area contributed by atoms with Crippen molar-refractivity contribution in [3.8, 4) is 0 Å². The zero-order valence-electron chi connectivity index (χ0n) is 10.1. The minimum atomic E-state index is -1.56. The van der Waals surface area contributed by atoms with Crippen LogP contribution in [0.2, 0.25) is 20.1 Å². The fraction of sp³-hybridized carbons (Fsp3) is 0.273. The van der Waals surface area contributed by atoms with Crippen LogP contribution < -0.4 is 0 Å². The SMILES string of the molecule is O=C(O)c1c(Cl)c(Cl)c(Cl)c(Cl)c1C(=O)OCC(O)CO. The summed E-state index contributed by atoms with van der Waals surface area (Å²) in [5, 5.41) is 25.3. The number of rotatable bonds is 5. The molecule has 116 valence electrons. The summed E-state index contributed by atoms with van der Waals surface area (Å²) in [6.07, 6.45) is -1.32. The van der Waals surface area contributed by atoms with Crippen LogP contribution in [0.15, 0.2) is 0 Å². The van der Waals surface area contributed by atoms with Crippen molar-refractivity contribution < 1.29 is 29.6 Å². The maximum Gasteiger partial charge on any atom is 0.340 e. The van der Waals surface area contributed by atoms with Gasteiger partial charge in [0.15, 0.2) is 0 Å². The topological polar surface area (TPSA) is 104 Å². The first-order chi connectivity index (χ1) is 9.72. The first kappa shape index (κ1) is 18.3. The van der Waals surface area contributed by atoms with E-state index in [1.807, 2.05) is 0 Å². The Morgan fingerprint density at radius 1 is 1.00 bits per heavy atom. The van der Waals surface area contributed by atoms with E-state index in [1.54, 1.807) is 0 Å². The lowest BCUT2D eigenvalue weighted by Crippen LogP contribution is -2.23. The number of aliphatic hydroxyl groups excluding tert-OH is 2. The highest BCUT2D eigenvalue weighted by Gasteiger charge is 2.30. The molecule has 1 unspecified atom stereocenters. The second-order valence-electron chi connectivity index (χ2n) is 3.75. The molecule has 1 aromatic rings. The van der Waals surface area contributed by atoms with Crippen LogP contribution >= 0.6 is 46.4 Å². The largest absolute Gasteiger partial charge is 0.478 e. The Morgan fingerprint density at radius 2 is 1.48 bits per heavy atom. The van der Waals surface area contributed by atoms with Gasteiger partial charge in [-0.1, -0.05) is 46.4 Å². The standard InChI is InChI=1S/C11H8Cl4O6/c12-6-4(10(18)19)5(7(13)9(15)8(6)14)11(20)21-2-3(17)1-16/h3,16-17H,1-2H2,(H,18,19). The Labute approximate surface area is 138 Å². The van der Waals surface area contributed by atoms with Crippen LogP contribution in [0.4, 0.5) is 0 Å². The molecule has 6 nitrogen and oxygen atoms in total. The first-order valence-electron chi connectivity index (χ1n) is 5.27. The highest BCUT2D eigenvalue weighted by Crippen LogP contribution is 2.41. The molecule has 0 aliphatic rings. The van der Waals surface area contributed by atoms with Crippen molar-refractivity contribution in [2.24, 2.45) is 0 Å². The van der Waals surface area contributed by atoms with Gasteiger partial charge in [0.2, 0.25) is 0 Å². The predicted molar refractivity (Wildman–Crippen MR) is 76.8 cm³/mol. The maximum atomic E-state index is 11.9. The summed E-state index contributed by atoms with van der Waals surface area (Å²) in [5.74, 6) is -2.74. The van der Waals surface area contributed by atoms with E-state index in [2.05, 4.69) is 4.74 Å². The molecular formula is C11H8Cl4O6. The molecule has 0 amide bonds. The van der Waals surface area contributed by atoms with Gasteiger partial charge in [-0.05, 0) is 0 Å². The molecule has 21 heavy (non-hydrogen) atoms. The minimum absolute atomic E-state index is 0.303. The molecule has 0 fully saturated rings. The Morgan fingerprint density at radius 3 is 1.90 bits per heavy atom. The van der Waals surface area contributed by atoms with E-state index in [0.717, 1.165) is 0 Å². The molecule has 1 atom stereocenters. The van der Waals surface area contributed by atoms with Crippen molar-refractivity contribution in [1.82, 2.24) is 0 Å². The van der Waals surface area contributed by atoms with E-state index in [1.165, 1.54) is 0 Å². The molecule has 0 aromatic heterocycles. The molecular weight excluding hydrogens is 370 g/mol. The van der Waals surface area contributed by atoms with Gasteiger partial charge >= 0.3 is 11.9 Å². The zero-order chi connectivity index (χ0) is 16.3. The normalized spacial score (nSPS) is 12.1. The Bertz CT molecular complexity index is 589. The molecule has 0 radical (unpaired) electrons. The average Bonchev–Trinajstić information content (AvgIpc) is 2.45. The Hall–Kier alpha value is -0.760. The van der Waals surface area contributed by atoms with E-state index in [9.17, 15) is 9.59 Å². The lowest BCUT2D eigenvalue weighted by atomic mass is 10.1. The van der Waals surface area contributed by atoms with Gasteiger partial charge in [-0.2, -0.15) is 0 Å². The Kier molecular flexibility index (Phi) is 6.52. The van der Waals surface area contributed by atoms with Crippen molar-refractivity contribution in [1.29, 1.82) is 0 Å². The lowest BCUT2D eigenvalue weighted by molar-refractivity contribution is 0.00913. The van der Waals surface area contributed by atoms with Gasteiger partial charge in [0.25, 0.3) is 0 Å². The summed E-state index contributed by atoms with van der Waals surface area (Å²) in [7, 11) is 0. The molecule has 3 N–H and O–H groups in total. The summed E-state index contributed by atoms with van der Waals surface area (Å²) in [4.78, 5) is 23.1. The van der Waals surface area contributed by atoms with Crippen molar-refractivity contribution >= 4 is 58.3 Å². The van der Waals surface area contributed by atoms with Crippen LogP contribution in [0.1, 0.15) is 20.7 Å². The third-order valence-corrected chi connectivity index (χ3v) is 4.10. The summed E-state index contributed by atoms with van der Waals surface area (Å²) >= 11 is 23.0. The Balaban J connectivity index is 3.34. The van der Waals surface area contributed by atoms with Gasteiger partial charge in [-0.3, -0.25) is 0 Å².